The van der Waals surface area contributed by atoms with E-state index in [0.717, 1.165) is 10.1 Å². The van der Waals surface area contributed by atoms with Crippen LogP contribution in [0.5, 0.6) is 5.06 Å². The first-order valence-electron chi connectivity index (χ1n) is 3.71. The first-order valence-corrected chi connectivity index (χ1v) is 4.53. The van der Waals surface area contributed by atoms with E-state index < -0.39 is 6.09 Å². The van der Waals surface area contributed by atoms with Crippen LogP contribution in [0.3, 0.4) is 0 Å². The first-order chi connectivity index (χ1) is 6.25. The summed E-state index contributed by atoms with van der Waals surface area (Å²) in [7, 11) is 0. The molecule has 0 fully saturated rings. The number of amides is 1. The van der Waals surface area contributed by atoms with E-state index >= 15 is 0 Å². The molecule has 1 aromatic heterocycles. The monoisotopic (exact) mass is 193 g/mol. The lowest BCUT2D eigenvalue weighted by atomic mass is 10.3. The summed E-state index contributed by atoms with van der Waals surface area (Å²) in [5, 5.41) is 1.59. The van der Waals surface area contributed by atoms with Gasteiger partial charge in [0.15, 0.2) is 5.06 Å². The number of carbonyl (C=O) groups excluding carboxylic acids is 1. The summed E-state index contributed by atoms with van der Waals surface area (Å²) in [6, 6.07) is 9.59. The fourth-order valence-electron chi connectivity index (χ4n) is 1.11. The van der Waals surface area contributed by atoms with Crippen LogP contribution in [0.4, 0.5) is 4.79 Å². The summed E-state index contributed by atoms with van der Waals surface area (Å²) in [6.07, 6.45) is -0.772. The second-order valence-corrected chi connectivity index (χ2v) is 3.57. The van der Waals surface area contributed by atoms with E-state index in [2.05, 4.69) is 0 Å². The van der Waals surface area contributed by atoms with Gasteiger partial charge < -0.3 is 10.5 Å². The Balaban J connectivity index is 2.44. The molecule has 3 nitrogen and oxygen atoms in total. The fourth-order valence-corrected chi connectivity index (χ4v) is 2.02. The maximum absolute atomic E-state index is 10.5. The van der Waals surface area contributed by atoms with Gasteiger partial charge in [0.05, 0.1) is 0 Å². The SMILES string of the molecule is NC(=O)Oc1cc2ccccc2s1. The number of rotatable bonds is 1. The van der Waals surface area contributed by atoms with E-state index in [9.17, 15) is 4.79 Å². The molecule has 66 valence electrons. The van der Waals surface area contributed by atoms with Gasteiger partial charge in [0.2, 0.25) is 0 Å². The minimum Gasteiger partial charge on any atom is -0.399 e. The molecule has 0 radical (unpaired) electrons. The number of hydrogen-bond acceptors (Lipinski definition) is 3. The standard InChI is InChI=1S/C9H7NO2S/c10-9(11)12-8-5-6-3-1-2-4-7(6)13-8/h1-5H,(H2,10,11). The van der Waals surface area contributed by atoms with Crippen LogP contribution in [0.15, 0.2) is 30.3 Å². The highest BCUT2D eigenvalue weighted by molar-refractivity contribution is 7.20. The van der Waals surface area contributed by atoms with E-state index in [-0.39, 0.29) is 0 Å². The smallest absolute Gasteiger partial charge is 0.399 e. The Bertz CT molecular complexity index is 417. The molecule has 0 atom stereocenters. The third kappa shape index (κ3) is 1.62. The molecule has 0 bridgehead atoms. The van der Waals surface area contributed by atoms with Crippen molar-refractivity contribution in [2.24, 2.45) is 5.73 Å². The molecule has 13 heavy (non-hydrogen) atoms. The number of hydrogen-bond donors (Lipinski definition) is 1. The predicted molar refractivity (Wildman–Crippen MR) is 52.0 cm³/mol. The first kappa shape index (κ1) is 8.07. The van der Waals surface area contributed by atoms with Crippen LogP contribution in [0.2, 0.25) is 0 Å². The third-order valence-corrected chi connectivity index (χ3v) is 2.60. The van der Waals surface area contributed by atoms with Gasteiger partial charge in [0, 0.05) is 10.8 Å². The summed E-state index contributed by atoms with van der Waals surface area (Å²) in [4.78, 5) is 10.5. The number of benzene rings is 1. The number of primary amides is 1. The van der Waals surface area contributed by atoms with Crippen LogP contribution in [0, 0.1) is 0 Å². The molecule has 0 spiro atoms. The molecule has 0 aliphatic heterocycles. The Morgan fingerprint density at radius 2 is 2.15 bits per heavy atom. The normalized spacial score (nSPS) is 10.2. The second kappa shape index (κ2) is 3.06. The number of ether oxygens (including phenoxy) is 1. The second-order valence-electron chi connectivity index (χ2n) is 2.52. The highest BCUT2D eigenvalue weighted by Crippen LogP contribution is 2.31. The van der Waals surface area contributed by atoms with E-state index in [4.69, 9.17) is 10.5 Å². The lowest BCUT2D eigenvalue weighted by Crippen LogP contribution is -2.15. The molecule has 4 heteroatoms. The van der Waals surface area contributed by atoms with Crippen LogP contribution >= 0.6 is 11.3 Å². The molecule has 0 saturated carbocycles. The molecule has 2 aromatic rings. The number of carbonyl (C=O) groups is 1. The van der Waals surface area contributed by atoms with Crippen LogP contribution in [-0.4, -0.2) is 6.09 Å². The topological polar surface area (TPSA) is 52.3 Å². The van der Waals surface area contributed by atoms with Gasteiger partial charge in [0.25, 0.3) is 0 Å². The molecule has 1 amide bonds. The Hall–Kier alpha value is -1.55. The zero-order valence-electron chi connectivity index (χ0n) is 6.69. The number of thiophene rings is 1. The fraction of sp³-hybridized carbons (Fsp3) is 0. The van der Waals surface area contributed by atoms with Gasteiger partial charge in [-0.25, -0.2) is 4.79 Å². The lowest BCUT2D eigenvalue weighted by molar-refractivity contribution is 0.212. The molecule has 2 N–H and O–H groups in total. The Labute approximate surface area is 78.7 Å². The van der Waals surface area contributed by atoms with Crippen molar-refractivity contribution in [3.05, 3.63) is 30.3 Å². The molecule has 0 aliphatic rings. The maximum Gasteiger partial charge on any atom is 0.410 e. The van der Waals surface area contributed by atoms with Crippen LogP contribution in [0.1, 0.15) is 0 Å². The molecular weight excluding hydrogens is 186 g/mol. The summed E-state index contributed by atoms with van der Waals surface area (Å²) in [5.74, 6) is 0. The average Bonchev–Trinajstić information content (AvgIpc) is 2.44. The van der Waals surface area contributed by atoms with Gasteiger partial charge in [-0.05, 0) is 11.5 Å². The Morgan fingerprint density at radius 3 is 2.85 bits per heavy atom. The average molecular weight is 193 g/mol. The van der Waals surface area contributed by atoms with Crippen LogP contribution in [0.25, 0.3) is 10.1 Å². The predicted octanol–water partition coefficient (Wildman–Crippen LogP) is 2.36. The zero-order valence-corrected chi connectivity index (χ0v) is 7.51. The van der Waals surface area contributed by atoms with E-state index in [1.165, 1.54) is 11.3 Å². The lowest BCUT2D eigenvalue weighted by Gasteiger charge is -1.91. The number of nitrogens with two attached hydrogens (primary N) is 1. The Kier molecular flexibility index (Phi) is 1.90. The quantitative estimate of drug-likeness (QED) is 0.755. The van der Waals surface area contributed by atoms with Crippen molar-refractivity contribution in [3.63, 3.8) is 0 Å². The molecule has 2 rings (SSSR count). The summed E-state index contributed by atoms with van der Waals surface area (Å²) in [5.41, 5.74) is 4.89. The van der Waals surface area contributed by atoms with Crippen molar-refractivity contribution >= 4 is 27.5 Å². The van der Waals surface area contributed by atoms with Crippen molar-refractivity contribution in [2.75, 3.05) is 0 Å². The minimum absolute atomic E-state index is 0.536. The highest BCUT2D eigenvalue weighted by Gasteiger charge is 2.03. The van der Waals surface area contributed by atoms with E-state index in [1.807, 2.05) is 24.3 Å². The molecule has 1 aromatic carbocycles. The minimum atomic E-state index is -0.772. The van der Waals surface area contributed by atoms with Gasteiger partial charge in [-0.1, -0.05) is 29.5 Å². The van der Waals surface area contributed by atoms with Crippen molar-refractivity contribution in [2.45, 2.75) is 0 Å². The molecule has 1 heterocycles. The van der Waals surface area contributed by atoms with Gasteiger partial charge >= 0.3 is 6.09 Å². The van der Waals surface area contributed by atoms with Crippen molar-refractivity contribution < 1.29 is 9.53 Å². The van der Waals surface area contributed by atoms with Crippen molar-refractivity contribution in [3.8, 4) is 5.06 Å². The molecular formula is C9H7NO2S. The van der Waals surface area contributed by atoms with Crippen molar-refractivity contribution in [1.29, 1.82) is 0 Å². The van der Waals surface area contributed by atoms with Crippen LogP contribution in [-0.2, 0) is 0 Å². The maximum atomic E-state index is 10.5. The third-order valence-electron chi connectivity index (χ3n) is 1.60. The summed E-state index contributed by atoms with van der Waals surface area (Å²) in [6.45, 7) is 0. The summed E-state index contributed by atoms with van der Waals surface area (Å²) >= 11 is 1.40. The summed E-state index contributed by atoms with van der Waals surface area (Å²) < 4.78 is 5.84. The molecule has 0 unspecified atom stereocenters. The highest BCUT2D eigenvalue weighted by atomic mass is 32.1. The van der Waals surface area contributed by atoms with E-state index in [0.29, 0.717) is 5.06 Å². The largest absolute Gasteiger partial charge is 0.410 e. The Morgan fingerprint density at radius 1 is 1.38 bits per heavy atom. The number of fused-ring (bicyclic) bond motifs is 1. The van der Waals surface area contributed by atoms with Gasteiger partial charge in [0.1, 0.15) is 0 Å². The molecule has 0 aliphatic carbocycles. The zero-order chi connectivity index (χ0) is 9.26. The van der Waals surface area contributed by atoms with Crippen LogP contribution < -0.4 is 10.5 Å². The van der Waals surface area contributed by atoms with Crippen molar-refractivity contribution in [1.82, 2.24) is 0 Å². The van der Waals surface area contributed by atoms with Gasteiger partial charge in [-0.3, -0.25) is 0 Å². The molecule has 0 saturated heterocycles. The van der Waals surface area contributed by atoms with Gasteiger partial charge in [-0.2, -0.15) is 0 Å². The van der Waals surface area contributed by atoms with E-state index in [1.54, 1.807) is 6.07 Å². The van der Waals surface area contributed by atoms with Gasteiger partial charge in [-0.15, -0.1) is 0 Å².